The van der Waals surface area contributed by atoms with Gasteiger partial charge in [-0.1, -0.05) is 66.2 Å². The van der Waals surface area contributed by atoms with E-state index in [-0.39, 0.29) is 36.3 Å². The van der Waals surface area contributed by atoms with Crippen molar-refractivity contribution in [3.63, 3.8) is 0 Å². The normalized spacial score (nSPS) is 12.0. The minimum absolute atomic E-state index is 0.0248. The Morgan fingerprint density at radius 1 is 0.951 bits per heavy atom. The van der Waals surface area contributed by atoms with Crippen LogP contribution in [0.25, 0.3) is 0 Å². The number of carbonyl (C=O) groups excluding carboxylic acids is 2. The standard InChI is InChI=1S/C30H36N4O6S/c1-21(2)31-30(36)28(17-24-11-7-6-8-12-24)32(19-25-13-9-10-22(3)16-25)29(35)20-33(41(5,39)40)27-18-26(34(37)38)15-14-23(27)4/h6-16,18,21,28H,17,19-20H2,1-5H3,(H,31,36)/t28-/m0/s1. The van der Waals surface area contributed by atoms with E-state index < -0.39 is 33.4 Å². The number of sulfonamides is 1. The summed E-state index contributed by atoms with van der Waals surface area (Å²) in [7, 11) is -4.05. The zero-order valence-corrected chi connectivity index (χ0v) is 24.7. The zero-order valence-electron chi connectivity index (χ0n) is 23.9. The third kappa shape index (κ3) is 8.62. The second kappa shape index (κ2) is 13.4. The van der Waals surface area contributed by atoms with E-state index in [1.54, 1.807) is 6.92 Å². The van der Waals surface area contributed by atoms with E-state index in [4.69, 9.17) is 0 Å². The highest BCUT2D eigenvalue weighted by Gasteiger charge is 2.34. The first kappa shape index (κ1) is 31.3. The van der Waals surface area contributed by atoms with Gasteiger partial charge in [-0.2, -0.15) is 0 Å². The topological polar surface area (TPSA) is 130 Å². The van der Waals surface area contributed by atoms with Gasteiger partial charge in [0.05, 0.1) is 16.9 Å². The number of anilines is 1. The summed E-state index contributed by atoms with van der Waals surface area (Å²) < 4.78 is 26.8. The summed E-state index contributed by atoms with van der Waals surface area (Å²) in [6, 6.07) is 19.5. The number of nitrogens with zero attached hydrogens (tertiary/aromatic N) is 3. The summed E-state index contributed by atoms with van der Waals surface area (Å²) in [5.41, 5.74) is 2.72. The average Bonchev–Trinajstić information content (AvgIpc) is 2.89. The molecule has 0 spiro atoms. The van der Waals surface area contributed by atoms with Crippen molar-refractivity contribution in [3.8, 4) is 0 Å². The van der Waals surface area contributed by atoms with Crippen molar-refractivity contribution in [2.24, 2.45) is 0 Å². The number of aryl methyl sites for hydroxylation is 2. The summed E-state index contributed by atoms with van der Waals surface area (Å²) in [5, 5.41) is 14.3. The predicted octanol–water partition coefficient (Wildman–Crippen LogP) is 4.14. The molecule has 2 amide bonds. The highest BCUT2D eigenvalue weighted by atomic mass is 32.2. The second-order valence-corrected chi connectivity index (χ2v) is 12.3. The molecule has 11 heteroatoms. The lowest BCUT2D eigenvalue weighted by molar-refractivity contribution is -0.384. The number of amides is 2. The molecule has 0 saturated carbocycles. The fraction of sp³-hybridized carbons (Fsp3) is 0.333. The summed E-state index contributed by atoms with van der Waals surface area (Å²) in [5.74, 6) is -0.995. The van der Waals surface area contributed by atoms with Gasteiger partial charge in [0, 0.05) is 31.1 Å². The maximum absolute atomic E-state index is 14.1. The van der Waals surface area contributed by atoms with Crippen LogP contribution in [0.5, 0.6) is 0 Å². The molecule has 0 heterocycles. The monoisotopic (exact) mass is 580 g/mol. The third-order valence-corrected chi connectivity index (χ3v) is 7.62. The molecule has 218 valence electrons. The Balaban J connectivity index is 2.11. The van der Waals surface area contributed by atoms with E-state index in [2.05, 4.69) is 5.32 Å². The molecule has 0 aliphatic carbocycles. The number of nitrogens with one attached hydrogen (secondary N) is 1. The van der Waals surface area contributed by atoms with Gasteiger partial charge in [0.2, 0.25) is 21.8 Å². The van der Waals surface area contributed by atoms with Crippen molar-refractivity contribution in [1.29, 1.82) is 0 Å². The van der Waals surface area contributed by atoms with Gasteiger partial charge < -0.3 is 10.2 Å². The van der Waals surface area contributed by atoms with Crippen LogP contribution in [0.4, 0.5) is 11.4 Å². The summed E-state index contributed by atoms with van der Waals surface area (Å²) in [6.07, 6.45) is 1.14. The number of nitro benzene ring substituents is 1. The van der Waals surface area contributed by atoms with Crippen molar-refractivity contribution >= 4 is 33.2 Å². The van der Waals surface area contributed by atoms with Crippen LogP contribution in [0.15, 0.2) is 72.8 Å². The third-order valence-electron chi connectivity index (χ3n) is 6.49. The number of hydrogen-bond donors (Lipinski definition) is 1. The molecule has 0 radical (unpaired) electrons. The first-order valence-electron chi connectivity index (χ1n) is 13.2. The molecule has 0 bridgehead atoms. The number of benzene rings is 3. The smallest absolute Gasteiger partial charge is 0.271 e. The highest BCUT2D eigenvalue weighted by molar-refractivity contribution is 7.92. The van der Waals surface area contributed by atoms with Crippen LogP contribution in [0.3, 0.4) is 0 Å². The molecule has 41 heavy (non-hydrogen) atoms. The number of non-ortho nitro benzene ring substituents is 1. The van der Waals surface area contributed by atoms with Crippen LogP contribution >= 0.6 is 0 Å². The van der Waals surface area contributed by atoms with Crippen molar-refractivity contribution in [2.75, 3.05) is 17.1 Å². The Hall–Kier alpha value is -4.25. The Morgan fingerprint density at radius 3 is 2.20 bits per heavy atom. The Kier molecular flexibility index (Phi) is 10.2. The van der Waals surface area contributed by atoms with Gasteiger partial charge in [0.25, 0.3) is 5.69 Å². The SMILES string of the molecule is Cc1cccc(CN(C(=O)CN(c2cc([N+](=O)[O-])ccc2C)S(C)(=O)=O)[C@@H](Cc2ccccc2)C(=O)NC(C)C)c1. The highest BCUT2D eigenvalue weighted by Crippen LogP contribution is 2.28. The molecule has 0 aliphatic rings. The van der Waals surface area contributed by atoms with Gasteiger partial charge >= 0.3 is 0 Å². The molecular weight excluding hydrogens is 544 g/mol. The van der Waals surface area contributed by atoms with E-state index in [1.165, 1.54) is 17.0 Å². The van der Waals surface area contributed by atoms with Crippen molar-refractivity contribution in [1.82, 2.24) is 10.2 Å². The predicted molar refractivity (Wildman–Crippen MR) is 159 cm³/mol. The molecule has 0 saturated heterocycles. The van der Waals surface area contributed by atoms with Crippen molar-refractivity contribution in [3.05, 3.63) is 105 Å². The van der Waals surface area contributed by atoms with Gasteiger partial charge in [-0.25, -0.2) is 8.42 Å². The Morgan fingerprint density at radius 2 is 1.61 bits per heavy atom. The van der Waals surface area contributed by atoms with Gasteiger partial charge in [-0.05, 0) is 44.4 Å². The van der Waals surface area contributed by atoms with E-state index >= 15 is 0 Å². The Labute approximate surface area is 241 Å². The van der Waals surface area contributed by atoms with Crippen LogP contribution in [0, 0.1) is 24.0 Å². The number of rotatable bonds is 12. The maximum Gasteiger partial charge on any atom is 0.271 e. The number of hydrogen-bond acceptors (Lipinski definition) is 6. The van der Waals surface area contributed by atoms with Gasteiger partial charge in [-0.15, -0.1) is 0 Å². The van der Waals surface area contributed by atoms with Crippen LogP contribution < -0.4 is 9.62 Å². The Bertz CT molecular complexity index is 1510. The zero-order chi connectivity index (χ0) is 30.3. The largest absolute Gasteiger partial charge is 0.352 e. The molecule has 1 N–H and O–H groups in total. The minimum atomic E-state index is -4.05. The van der Waals surface area contributed by atoms with Gasteiger partial charge in [0.1, 0.15) is 12.6 Å². The molecule has 0 aliphatic heterocycles. The van der Waals surface area contributed by atoms with Crippen LogP contribution in [0.2, 0.25) is 0 Å². The lowest BCUT2D eigenvalue weighted by atomic mass is 10.0. The fourth-order valence-corrected chi connectivity index (χ4v) is 5.42. The van der Waals surface area contributed by atoms with E-state index in [1.807, 2.05) is 75.4 Å². The lowest BCUT2D eigenvalue weighted by Gasteiger charge is -2.34. The molecule has 3 rings (SSSR count). The molecule has 10 nitrogen and oxygen atoms in total. The van der Waals surface area contributed by atoms with Gasteiger partial charge in [-0.3, -0.25) is 24.0 Å². The van der Waals surface area contributed by atoms with E-state index in [9.17, 15) is 28.1 Å². The van der Waals surface area contributed by atoms with Crippen molar-refractivity contribution < 1.29 is 22.9 Å². The molecule has 1 atom stereocenters. The quantitative estimate of drug-likeness (QED) is 0.253. The lowest BCUT2D eigenvalue weighted by Crippen LogP contribution is -2.54. The van der Waals surface area contributed by atoms with Crippen LogP contribution in [0.1, 0.15) is 36.1 Å². The van der Waals surface area contributed by atoms with E-state index in [0.29, 0.717) is 5.56 Å². The molecular formula is C30H36N4O6S. The average molecular weight is 581 g/mol. The molecule has 0 unspecified atom stereocenters. The summed E-state index contributed by atoms with van der Waals surface area (Å²) >= 11 is 0. The van der Waals surface area contributed by atoms with E-state index in [0.717, 1.165) is 33.3 Å². The van der Waals surface area contributed by atoms with Crippen LogP contribution in [-0.4, -0.2) is 54.9 Å². The van der Waals surface area contributed by atoms with Crippen molar-refractivity contribution in [2.45, 2.75) is 52.7 Å². The minimum Gasteiger partial charge on any atom is -0.352 e. The first-order chi connectivity index (χ1) is 19.3. The number of carbonyl (C=O) groups is 2. The number of nitro groups is 1. The molecule has 0 aromatic heterocycles. The van der Waals surface area contributed by atoms with Gasteiger partial charge in [0.15, 0.2) is 0 Å². The first-order valence-corrected chi connectivity index (χ1v) is 15.0. The second-order valence-electron chi connectivity index (χ2n) is 10.4. The van der Waals surface area contributed by atoms with Crippen LogP contribution in [-0.2, 0) is 32.6 Å². The maximum atomic E-state index is 14.1. The summed E-state index contributed by atoms with van der Waals surface area (Å²) in [4.78, 5) is 39.9. The molecule has 3 aromatic carbocycles. The molecule has 0 fully saturated rings. The summed E-state index contributed by atoms with van der Waals surface area (Å²) in [6.45, 7) is 6.57. The molecule has 3 aromatic rings. The fourth-order valence-electron chi connectivity index (χ4n) is 4.52.